The largest absolute Gasteiger partial charge is 0.281 e. The number of amidine groups is 1. The van der Waals surface area contributed by atoms with Crippen LogP contribution < -0.4 is 4.90 Å². The van der Waals surface area contributed by atoms with Crippen molar-refractivity contribution < 1.29 is 0 Å². The summed E-state index contributed by atoms with van der Waals surface area (Å²) in [6.07, 6.45) is 7.39. The summed E-state index contributed by atoms with van der Waals surface area (Å²) < 4.78 is 2.43. The molecular formula is C40H28N4S. The van der Waals surface area contributed by atoms with Crippen molar-refractivity contribution in [1.29, 1.82) is 0 Å². The van der Waals surface area contributed by atoms with Crippen LogP contribution >= 0.6 is 11.8 Å². The van der Waals surface area contributed by atoms with Gasteiger partial charge in [-0.05, 0) is 42.0 Å². The molecule has 1 aromatic heterocycles. The molecule has 0 radical (unpaired) electrons. The average molecular weight is 597 g/mol. The highest BCUT2D eigenvalue weighted by Crippen LogP contribution is 2.56. The predicted octanol–water partition coefficient (Wildman–Crippen LogP) is 10.4. The number of para-hydroxylation sites is 1. The first kappa shape index (κ1) is 25.2. The number of allylic oxidation sites excluding steroid dienone is 5. The molecule has 0 N–H and O–H groups in total. The Morgan fingerprint density at radius 2 is 1.60 bits per heavy atom. The second-order valence-corrected chi connectivity index (χ2v) is 13.1. The van der Waals surface area contributed by atoms with E-state index in [0.29, 0.717) is 0 Å². The fourth-order valence-electron chi connectivity index (χ4n) is 7.57. The standard InChI is InChI=1S/C40H28N4S/c1-2-13-26(14-3-1)37-39-31(30-18-8-11-21-35(30)45-39)24-36(41-37)44-33-20-10-7-17-29(33)28-16-6-9-19-32(28)43-34-23-22-25-12-4-5-15-27(25)38(34)42-40(43)44/h1-8,10-18,20-23,31H,9,19,24H2. The molecule has 5 heteroatoms. The molecule has 0 fully saturated rings. The Labute approximate surface area is 265 Å². The highest BCUT2D eigenvalue weighted by molar-refractivity contribution is 8.03. The smallest absolute Gasteiger partial charge is 0.221 e. The van der Waals surface area contributed by atoms with Crippen molar-refractivity contribution in [3.8, 4) is 0 Å². The minimum absolute atomic E-state index is 0.241. The number of hydrogen-bond acceptors (Lipinski definition) is 4. The van der Waals surface area contributed by atoms with Crippen molar-refractivity contribution >= 4 is 68.0 Å². The molecule has 214 valence electrons. The summed E-state index contributed by atoms with van der Waals surface area (Å²) in [5.41, 5.74) is 10.7. The van der Waals surface area contributed by atoms with Gasteiger partial charge in [0.1, 0.15) is 5.84 Å². The number of hydrogen-bond donors (Lipinski definition) is 0. The van der Waals surface area contributed by atoms with Gasteiger partial charge >= 0.3 is 0 Å². The first-order chi connectivity index (χ1) is 22.3. The summed E-state index contributed by atoms with van der Waals surface area (Å²) in [6, 6.07) is 41.5. The number of fused-ring (bicyclic) bond motifs is 11. The third-order valence-corrected chi connectivity index (χ3v) is 10.9. The maximum Gasteiger partial charge on any atom is 0.221 e. The van der Waals surface area contributed by atoms with Gasteiger partial charge in [0.25, 0.3) is 0 Å². The Morgan fingerprint density at radius 1 is 0.778 bits per heavy atom. The van der Waals surface area contributed by atoms with Crippen LogP contribution in [0.3, 0.4) is 0 Å². The highest BCUT2D eigenvalue weighted by Gasteiger charge is 2.39. The van der Waals surface area contributed by atoms with Gasteiger partial charge in [0.2, 0.25) is 5.95 Å². The van der Waals surface area contributed by atoms with E-state index < -0.39 is 0 Å². The quantitative estimate of drug-likeness (QED) is 0.189. The average Bonchev–Trinajstić information content (AvgIpc) is 3.64. The van der Waals surface area contributed by atoms with Gasteiger partial charge in [0.15, 0.2) is 0 Å². The van der Waals surface area contributed by atoms with Gasteiger partial charge in [0, 0.05) is 49.9 Å². The van der Waals surface area contributed by atoms with Crippen molar-refractivity contribution in [2.45, 2.75) is 30.1 Å². The molecular weight excluding hydrogens is 569 g/mol. The summed E-state index contributed by atoms with van der Waals surface area (Å²) in [5, 5.41) is 2.38. The number of rotatable bonds is 1. The molecule has 4 heterocycles. The van der Waals surface area contributed by atoms with Crippen LogP contribution in [0.5, 0.6) is 0 Å². The summed E-state index contributed by atoms with van der Waals surface area (Å²) in [5.74, 6) is 2.19. The van der Waals surface area contributed by atoms with E-state index in [1.54, 1.807) is 0 Å². The third-order valence-electron chi connectivity index (χ3n) is 9.58. The molecule has 10 rings (SSSR count). The minimum atomic E-state index is 0.241. The van der Waals surface area contributed by atoms with E-state index in [9.17, 15) is 0 Å². The SMILES string of the molecule is C1=CC2=C(CC1)n1c(nc3c4ccccc4ccc31)N(C1=NC(c3ccccc3)=C3Sc4ccccc4C3C1)c1ccccc12. The van der Waals surface area contributed by atoms with Crippen LogP contribution in [0, 0.1) is 0 Å². The maximum absolute atomic E-state index is 5.60. The minimum Gasteiger partial charge on any atom is -0.281 e. The lowest BCUT2D eigenvalue weighted by Crippen LogP contribution is -2.31. The second kappa shape index (κ2) is 9.68. The topological polar surface area (TPSA) is 33.4 Å². The first-order valence-corrected chi connectivity index (χ1v) is 16.5. The summed E-state index contributed by atoms with van der Waals surface area (Å²) >= 11 is 1.88. The molecule has 1 aliphatic carbocycles. The monoisotopic (exact) mass is 596 g/mol. The van der Waals surface area contributed by atoms with Crippen molar-refractivity contribution in [1.82, 2.24) is 9.55 Å². The molecule has 4 nitrogen and oxygen atoms in total. The van der Waals surface area contributed by atoms with E-state index in [1.807, 2.05) is 11.8 Å². The van der Waals surface area contributed by atoms with Crippen molar-refractivity contribution in [3.63, 3.8) is 0 Å². The molecule has 45 heavy (non-hydrogen) atoms. The normalized spacial score (nSPS) is 18.4. The highest BCUT2D eigenvalue weighted by atomic mass is 32.2. The lowest BCUT2D eigenvalue weighted by atomic mass is 9.90. The van der Waals surface area contributed by atoms with Crippen LogP contribution in [0.1, 0.15) is 41.9 Å². The lowest BCUT2D eigenvalue weighted by Gasteiger charge is -2.31. The van der Waals surface area contributed by atoms with Crippen molar-refractivity contribution in [2.75, 3.05) is 4.90 Å². The zero-order valence-electron chi connectivity index (χ0n) is 24.5. The fourth-order valence-corrected chi connectivity index (χ4v) is 8.89. The van der Waals surface area contributed by atoms with Gasteiger partial charge in [-0.1, -0.05) is 121 Å². The summed E-state index contributed by atoms with van der Waals surface area (Å²) in [7, 11) is 0. The Bertz CT molecular complexity index is 2340. The summed E-state index contributed by atoms with van der Waals surface area (Å²) in [6.45, 7) is 0. The van der Waals surface area contributed by atoms with Gasteiger partial charge in [-0.3, -0.25) is 9.47 Å². The van der Waals surface area contributed by atoms with Crippen LogP contribution in [0.15, 0.2) is 142 Å². The van der Waals surface area contributed by atoms with E-state index in [2.05, 4.69) is 137 Å². The molecule has 3 aliphatic heterocycles. The van der Waals surface area contributed by atoms with Crippen molar-refractivity contribution in [2.24, 2.45) is 4.99 Å². The Kier molecular flexibility index (Phi) is 5.43. The molecule has 0 saturated heterocycles. The Balaban J connectivity index is 1.28. The number of benzene rings is 5. The van der Waals surface area contributed by atoms with Crippen LogP contribution in [-0.4, -0.2) is 15.4 Å². The van der Waals surface area contributed by atoms with E-state index in [0.717, 1.165) is 59.0 Å². The predicted molar refractivity (Wildman–Crippen MR) is 188 cm³/mol. The third kappa shape index (κ3) is 3.68. The Hall–Kier alpha value is -5.13. The number of imidazole rings is 1. The van der Waals surface area contributed by atoms with Gasteiger partial charge in [-0.25, -0.2) is 9.98 Å². The summed E-state index contributed by atoms with van der Waals surface area (Å²) in [4.78, 5) is 16.2. The first-order valence-electron chi connectivity index (χ1n) is 15.7. The molecule has 0 spiro atoms. The van der Waals surface area contributed by atoms with E-state index in [4.69, 9.17) is 9.98 Å². The second-order valence-electron chi connectivity index (χ2n) is 12.1. The van der Waals surface area contributed by atoms with Crippen molar-refractivity contribution in [3.05, 3.63) is 149 Å². The molecule has 1 unspecified atom stereocenters. The zero-order chi connectivity index (χ0) is 29.5. The van der Waals surface area contributed by atoms with Gasteiger partial charge < -0.3 is 0 Å². The van der Waals surface area contributed by atoms with Crippen LogP contribution in [-0.2, 0) is 0 Å². The maximum atomic E-state index is 5.60. The molecule has 6 aromatic rings. The van der Waals surface area contributed by atoms with Crippen LogP contribution in [0.2, 0.25) is 0 Å². The molecule has 0 amide bonds. The number of anilines is 2. The number of aromatic nitrogens is 2. The zero-order valence-corrected chi connectivity index (χ0v) is 25.3. The van der Waals surface area contributed by atoms with Crippen LogP contribution in [0.4, 0.5) is 11.6 Å². The molecule has 0 saturated carbocycles. The number of aliphatic imine (C=N–C) groups is 1. The van der Waals surface area contributed by atoms with Gasteiger partial charge in [-0.15, -0.1) is 0 Å². The number of nitrogens with zero attached hydrogens (tertiary/aromatic N) is 4. The molecule has 1 atom stereocenters. The van der Waals surface area contributed by atoms with E-state index in [-0.39, 0.29) is 5.92 Å². The Morgan fingerprint density at radius 3 is 2.56 bits per heavy atom. The molecule has 4 aliphatic rings. The molecule has 5 aromatic carbocycles. The van der Waals surface area contributed by atoms with E-state index in [1.165, 1.54) is 43.0 Å². The fraction of sp³-hybridized carbons (Fsp3) is 0.100. The number of thioether (sulfide) groups is 1. The molecule has 0 bridgehead atoms. The van der Waals surface area contributed by atoms with E-state index >= 15 is 0 Å². The van der Waals surface area contributed by atoms with Crippen LogP contribution in [0.25, 0.3) is 38.8 Å². The van der Waals surface area contributed by atoms with Gasteiger partial charge in [-0.2, -0.15) is 0 Å². The lowest BCUT2D eigenvalue weighted by molar-refractivity contribution is 0.846. The van der Waals surface area contributed by atoms with Gasteiger partial charge in [0.05, 0.1) is 22.4 Å².